The van der Waals surface area contributed by atoms with Gasteiger partial charge in [-0.05, 0) is 24.1 Å². The van der Waals surface area contributed by atoms with Crippen LogP contribution in [0.25, 0.3) is 0 Å². The van der Waals surface area contributed by atoms with Gasteiger partial charge < -0.3 is 15.7 Å². The van der Waals surface area contributed by atoms with E-state index in [4.69, 9.17) is 0 Å². The number of aliphatic hydroxyl groups is 1. The Morgan fingerprint density at radius 1 is 1.00 bits per heavy atom. The van der Waals surface area contributed by atoms with Gasteiger partial charge in [0, 0.05) is 18.7 Å². The summed E-state index contributed by atoms with van der Waals surface area (Å²) in [7, 11) is 0. The molecule has 0 bridgehead atoms. The third-order valence-corrected chi connectivity index (χ3v) is 3.44. The number of benzene rings is 2. The van der Waals surface area contributed by atoms with Crippen LogP contribution in [0.3, 0.4) is 0 Å². The van der Waals surface area contributed by atoms with E-state index in [1.807, 2.05) is 31.2 Å². The first-order valence-corrected chi connectivity index (χ1v) is 7.67. The van der Waals surface area contributed by atoms with E-state index in [2.05, 4.69) is 15.6 Å². The molecule has 2 aromatic rings. The van der Waals surface area contributed by atoms with Gasteiger partial charge in [0.15, 0.2) is 5.96 Å². The number of guanidine groups is 1. The molecule has 0 saturated heterocycles. The Bertz CT molecular complexity index is 664. The largest absolute Gasteiger partial charge is 0.392 e. The highest BCUT2D eigenvalue weighted by Crippen LogP contribution is 2.09. The van der Waals surface area contributed by atoms with Crippen LogP contribution in [0.4, 0.5) is 4.39 Å². The van der Waals surface area contributed by atoms with Gasteiger partial charge in [-0.2, -0.15) is 0 Å². The van der Waals surface area contributed by atoms with Crippen molar-refractivity contribution in [2.45, 2.75) is 26.6 Å². The molecule has 4 nitrogen and oxygen atoms in total. The summed E-state index contributed by atoms with van der Waals surface area (Å²) in [4.78, 5) is 4.41. The Hall–Kier alpha value is -1.67. The first-order valence-electron chi connectivity index (χ1n) is 7.67. The molecule has 6 heteroatoms. The normalized spacial score (nSPS) is 10.9. The van der Waals surface area contributed by atoms with Gasteiger partial charge in [0.1, 0.15) is 5.82 Å². The summed E-state index contributed by atoms with van der Waals surface area (Å²) in [6, 6.07) is 14.3. The molecule has 0 fully saturated rings. The highest BCUT2D eigenvalue weighted by molar-refractivity contribution is 14.0. The number of aliphatic hydroxyl groups excluding tert-OH is 1. The van der Waals surface area contributed by atoms with Gasteiger partial charge in [0.2, 0.25) is 0 Å². The van der Waals surface area contributed by atoms with Crippen molar-refractivity contribution in [3.05, 3.63) is 71.0 Å². The van der Waals surface area contributed by atoms with Crippen LogP contribution < -0.4 is 10.6 Å². The van der Waals surface area contributed by atoms with E-state index >= 15 is 0 Å². The van der Waals surface area contributed by atoms with Crippen molar-refractivity contribution in [2.75, 3.05) is 6.54 Å². The number of nitrogens with zero attached hydrogens (tertiary/aromatic N) is 1. The van der Waals surface area contributed by atoms with Gasteiger partial charge in [-0.1, -0.05) is 42.5 Å². The van der Waals surface area contributed by atoms with Crippen molar-refractivity contribution >= 4 is 29.9 Å². The molecule has 0 heterocycles. The minimum absolute atomic E-state index is 0. The summed E-state index contributed by atoms with van der Waals surface area (Å²) in [5.41, 5.74) is 2.44. The van der Waals surface area contributed by atoms with E-state index in [0.717, 1.165) is 11.1 Å². The zero-order chi connectivity index (χ0) is 16.5. The lowest BCUT2D eigenvalue weighted by molar-refractivity contribution is 0.280. The summed E-state index contributed by atoms with van der Waals surface area (Å²) in [5.74, 6) is 0.362. The molecule has 0 saturated carbocycles. The average molecular weight is 443 g/mol. The SMILES string of the molecule is CCNC(=NCc1ccccc1F)NCc1ccccc1CO.I. The molecule has 0 aliphatic rings. The molecule has 0 aromatic heterocycles. The number of halogens is 2. The topological polar surface area (TPSA) is 56.7 Å². The predicted molar refractivity (Wildman–Crippen MR) is 106 cm³/mol. The molecule has 3 N–H and O–H groups in total. The zero-order valence-electron chi connectivity index (χ0n) is 13.6. The third-order valence-electron chi connectivity index (χ3n) is 3.44. The first kappa shape index (κ1) is 20.4. The van der Waals surface area contributed by atoms with Gasteiger partial charge in [0.05, 0.1) is 13.2 Å². The number of rotatable bonds is 6. The van der Waals surface area contributed by atoms with E-state index in [1.54, 1.807) is 18.2 Å². The van der Waals surface area contributed by atoms with Crippen LogP contribution in [-0.4, -0.2) is 17.6 Å². The van der Waals surface area contributed by atoms with Crippen molar-refractivity contribution in [2.24, 2.45) is 4.99 Å². The van der Waals surface area contributed by atoms with Gasteiger partial charge in [0.25, 0.3) is 0 Å². The second-order valence-electron chi connectivity index (χ2n) is 5.07. The van der Waals surface area contributed by atoms with Crippen molar-refractivity contribution in [1.82, 2.24) is 10.6 Å². The molecule has 0 atom stereocenters. The lowest BCUT2D eigenvalue weighted by Gasteiger charge is -2.13. The standard InChI is InChI=1S/C18H22FN3O.HI/c1-2-20-18(22-12-15-8-5-6-10-17(15)19)21-11-14-7-3-4-9-16(14)13-23;/h3-10,23H,2,11-13H2,1H3,(H2,20,21,22);1H. The number of nitrogens with one attached hydrogen (secondary N) is 2. The van der Waals surface area contributed by atoms with Gasteiger partial charge in [-0.25, -0.2) is 9.38 Å². The summed E-state index contributed by atoms with van der Waals surface area (Å²) in [6.07, 6.45) is 0. The van der Waals surface area contributed by atoms with E-state index in [1.165, 1.54) is 6.07 Å². The molecule has 0 radical (unpaired) electrons. The monoisotopic (exact) mass is 443 g/mol. The van der Waals surface area contributed by atoms with E-state index < -0.39 is 0 Å². The molecule has 2 aromatic carbocycles. The van der Waals surface area contributed by atoms with Crippen LogP contribution >= 0.6 is 24.0 Å². The number of hydrogen-bond donors (Lipinski definition) is 3. The van der Waals surface area contributed by atoms with E-state index in [0.29, 0.717) is 24.6 Å². The predicted octanol–water partition coefficient (Wildman–Crippen LogP) is 3.19. The minimum atomic E-state index is -0.252. The van der Waals surface area contributed by atoms with E-state index in [-0.39, 0.29) is 42.9 Å². The summed E-state index contributed by atoms with van der Waals surface area (Å²) in [6.45, 7) is 3.50. The average Bonchev–Trinajstić information content (AvgIpc) is 2.59. The Labute approximate surface area is 159 Å². The molecule has 2 rings (SSSR count). The molecular formula is C18H23FIN3O. The Morgan fingerprint density at radius 2 is 1.62 bits per heavy atom. The Kier molecular flexibility index (Phi) is 9.33. The second-order valence-corrected chi connectivity index (χ2v) is 5.07. The van der Waals surface area contributed by atoms with Crippen LogP contribution in [0, 0.1) is 5.82 Å². The molecule has 0 spiro atoms. The molecule has 0 unspecified atom stereocenters. The van der Waals surface area contributed by atoms with Gasteiger partial charge in [-0.3, -0.25) is 0 Å². The Morgan fingerprint density at radius 3 is 2.25 bits per heavy atom. The summed E-state index contributed by atoms with van der Waals surface area (Å²) >= 11 is 0. The van der Waals surface area contributed by atoms with Crippen molar-refractivity contribution in [3.63, 3.8) is 0 Å². The zero-order valence-corrected chi connectivity index (χ0v) is 16.0. The fourth-order valence-electron chi connectivity index (χ4n) is 2.20. The number of aliphatic imine (C=N–C) groups is 1. The fraction of sp³-hybridized carbons (Fsp3) is 0.278. The molecule has 0 aliphatic carbocycles. The maximum Gasteiger partial charge on any atom is 0.191 e. The molecular weight excluding hydrogens is 420 g/mol. The van der Waals surface area contributed by atoms with Crippen LogP contribution in [-0.2, 0) is 19.7 Å². The summed E-state index contributed by atoms with van der Waals surface area (Å²) < 4.78 is 13.6. The van der Waals surface area contributed by atoms with Crippen molar-refractivity contribution < 1.29 is 9.50 Å². The molecule has 24 heavy (non-hydrogen) atoms. The van der Waals surface area contributed by atoms with Gasteiger partial charge in [-0.15, -0.1) is 24.0 Å². The highest BCUT2D eigenvalue weighted by Gasteiger charge is 2.04. The van der Waals surface area contributed by atoms with Crippen LogP contribution in [0.15, 0.2) is 53.5 Å². The second kappa shape index (κ2) is 11.0. The first-order chi connectivity index (χ1) is 11.2. The van der Waals surface area contributed by atoms with Crippen LogP contribution in [0.5, 0.6) is 0 Å². The maximum absolute atomic E-state index is 13.6. The highest BCUT2D eigenvalue weighted by atomic mass is 127. The fourth-order valence-corrected chi connectivity index (χ4v) is 2.20. The lowest BCUT2D eigenvalue weighted by Crippen LogP contribution is -2.37. The molecule has 0 amide bonds. The van der Waals surface area contributed by atoms with Crippen molar-refractivity contribution in [1.29, 1.82) is 0 Å². The van der Waals surface area contributed by atoms with Crippen LogP contribution in [0.1, 0.15) is 23.6 Å². The minimum Gasteiger partial charge on any atom is -0.392 e. The Balaban J connectivity index is 0.00000288. The molecule has 130 valence electrons. The third kappa shape index (κ3) is 6.09. The number of hydrogen-bond acceptors (Lipinski definition) is 2. The molecule has 0 aliphatic heterocycles. The quantitative estimate of drug-likeness (QED) is 0.365. The summed E-state index contributed by atoms with van der Waals surface area (Å²) in [5, 5.41) is 15.7. The smallest absolute Gasteiger partial charge is 0.191 e. The lowest BCUT2D eigenvalue weighted by atomic mass is 10.1. The van der Waals surface area contributed by atoms with E-state index in [9.17, 15) is 9.50 Å². The maximum atomic E-state index is 13.6. The van der Waals surface area contributed by atoms with Crippen LogP contribution in [0.2, 0.25) is 0 Å². The van der Waals surface area contributed by atoms with Gasteiger partial charge >= 0.3 is 0 Å². The van der Waals surface area contributed by atoms with Crippen molar-refractivity contribution in [3.8, 4) is 0 Å².